The zero-order chi connectivity index (χ0) is 27.9. The second kappa shape index (κ2) is 12.6. The number of nitrogens with zero attached hydrogens (tertiary/aromatic N) is 4. The molecule has 9 heteroatoms. The van der Waals surface area contributed by atoms with Gasteiger partial charge in [0.15, 0.2) is 0 Å². The van der Waals surface area contributed by atoms with E-state index in [1.165, 1.54) is 0 Å². The van der Waals surface area contributed by atoms with Gasteiger partial charge in [-0.15, -0.1) is 0 Å². The van der Waals surface area contributed by atoms with Crippen molar-refractivity contribution >= 4 is 34.4 Å². The molecule has 3 aromatic heterocycles. The zero-order valence-electron chi connectivity index (χ0n) is 22.6. The normalized spacial score (nSPS) is 17.0. The molecule has 3 N–H and O–H groups in total. The van der Waals surface area contributed by atoms with Crippen molar-refractivity contribution in [3.63, 3.8) is 0 Å². The number of pyridine rings is 2. The van der Waals surface area contributed by atoms with Crippen LogP contribution in [0, 0.1) is 31.6 Å². The molecule has 40 heavy (non-hydrogen) atoms. The number of aromatic nitrogens is 4. The van der Waals surface area contributed by atoms with Crippen molar-refractivity contribution in [2.45, 2.75) is 32.9 Å². The number of rotatable bonds is 7. The smallest absolute Gasteiger partial charge is 0.255 e. The van der Waals surface area contributed by atoms with Gasteiger partial charge in [0.1, 0.15) is 18.7 Å². The van der Waals surface area contributed by atoms with Gasteiger partial charge in [-0.2, -0.15) is 5.10 Å². The molecule has 1 aromatic carbocycles. The Kier molecular flexibility index (Phi) is 8.50. The molecule has 2 atom stereocenters. The minimum atomic E-state index is -0.424. The fourth-order valence-electron chi connectivity index (χ4n) is 5.00. The van der Waals surface area contributed by atoms with Gasteiger partial charge in [0.05, 0.1) is 29.5 Å². The third-order valence-electron chi connectivity index (χ3n) is 6.73. The number of anilines is 2. The van der Waals surface area contributed by atoms with Gasteiger partial charge in [-0.25, -0.2) is 4.98 Å². The standard InChI is InChI=1S/C31H32N6O3/c1-21-17-22(2)35-25(18-21)11-9-23-7-6-16-40-31(23)37(26-12-10-24-20-34-36-28(24)19-26)29-27(8-5-14-32-29)30(39)33-13-3-4-15-38/h5,8-12,14,17-20,23,31,38H,6-7,13,15-16H2,1-2H3,(H,33,39)(H,34,36). The van der Waals surface area contributed by atoms with Gasteiger partial charge >= 0.3 is 0 Å². The maximum atomic E-state index is 13.3. The van der Waals surface area contributed by atoms with Crippen LogP contribution in [0.1, 0.15) is 40.2 Å². The van der Waals surface area contributed by atoms with Gasteiger partial charge in [0.2, 0.25) is 0 Å². The molecule has 204 valence electrons. The summed E-state index contributed by atoms with van der Waals surface area (Å²) in [6, 6.07) is 13.6. The lowest BCUT2D eigenvalue weighted by atomic mass is 9.96. The molecule has 1 amide bonds. The Bertz CT molecular complexity index is 1560. The Balaban J connectivity index is 1.56. The van der Waals surface area contributed by atoms with Crippen molar-refractivity contribution in [1.29, 1.82) is 0 Å². The third-order valence-corrected chi connectivity index (χ3v) is 6.73. The van der Waals surface area contributed by atoms with E-state index in [1.54, 1.807) is 24.5 Å². The highest BCUT2D eigenvalue weighted by atomic mass is 16.5. The Labute approximate surface area is 233 Å². The highest BCUT2D eigenvalue weighted by Gasteiger charge is 2.34. The fourth-order valence-corrected chi connectivity index (χ4v) is 5.00. The number of nitrogens with one attached hydrogen (secondary N) is 2. The first-order chi connectivity index (χ1) is 19.5. The van der Waals surface area contributed by atoms with Gasteiger partial charge < -0.3 is 15.2 Å². The number of aryl methyl sites for hydroxylation is 2. The van der Waals surface area contributed by atoms with E-state index in [-0.39, 0.29) is 25.0 Å². The van der Waals surface area contributed by atoms with Gasteiger partial charge in [0, 0.05) is 35.5 Å². The van der Waals surface area contributed by atoms with Crippen LogP contribution in [-0.4, -0.2) is 57.2 Å². The Morgan fingerprint density at radius 1 is 1.25 bits per heavy atom. The Hall–Kier alpha value is -4.52. The second-order valence-electron chi connectivity index (χ2n) is 9.72. The lowest BCUT2D eigenvalue weighted by Crippen LogP contribution is -2.43. The number of aromatic amines is 1. The van der Waals surface area contributed by atoms with E-state index in [4.69, 9.17) is 9.84 Å². The number of benzene rings is 1. The van der Waals surface area contributed by atoms with Crippen LogP contribution in [0.15, 0.2) is 60.9 Å². The van der Waals surface area contributed by atoms with E-state index in [2.05, 4.69) is 68.5 Å². The van der Waals surface area contributed by atoms with Crippen molar-refractivity contribution in [2.75, 3.05) is 24.7 Å². The summed E-state index contributed by atoms with van der Waals surface area (Å²) in [5.41, 5.74) is 5.11. The largest absolute Gasteiger partial charge is 0.384 e. The van der Waals surface area contributed by atoms with Gasteiger partial charge in [-0.3, -0.25) is 19.8 Å². The molecule has 9 nitrogen and oxygen atoms in total. The molecule has 1 aliphatic heterocycles. The third kappa shape index (κ3) is 6.20. The molecule has 1 fully saturated rings. The fraction of sp³-hybridized carbons (Fsp3) is 0.290. The first-order valence-electron chi connectivity index (χ1n) is 13.3. The van der Waals surface area contributed by atoms with Crippen LogP contribution in [0.3, 0.4) is 0 Å². The summed E-state index contributed by atoms with van der Waals surface area (Å²) in [5.74, 6) is 5.44. The second-order valence-corrected chi connectivity index (χ2v) is 9.72. The van der Waals surface area contributed by atoms with Crippen molar-refractivity contribution in [3.05, 3.63) is 83.4 Å². The molecule has 0 bridgehead atoms. The average Bonchev–Trinajstić information content (AvgIpc) is 3.43. The first kappa shape index (κ1) is 27.1. The van der Waals surface area contributed by atoms with Crippen molar-refractivity contribution < 1.29 is 14.6 Å². The lowest BCUT2D eigenvalue weighted by molar-refractivity contribution is -0.00620. The van der Waals surface area contributed by atoms with Crippen LogP contribution >= 0.6 is 0 Å². The maximum absolute atomic E-state index is 13.3. The summed E-state index contributed by atoms with van der Waals surface area (Å²) >= 11 is 0. The molecule has 4 aromatic rings. The number of hydrogen-bond donors (Lipinski definition) is 3. The van der Waals surface area contributed by atoms with Gasteiger partial charge in [-0.1, -0.05) is 17.9 Å². The summed E-state index contributed by atoms with van der Waals surface area (Å²) in [4.78, 5) is 24.6. The van der Waals surface area contributed by atoms with E-state index in [9.17, 15) is 4.79 Å². The number of carbonyl (C=O) groups is 1. The van der Waals surface area contributed by atoms with Crippen LogP contribution in [0.2, 0.25) is 0 Å². The molecule has 1 saturated heterocycles. The van der Waals surface area contributed by atoms with Crippen LogP contribution < -0.4 is 10.2 Å². The Morgan fingerprint density at radius 3 is 3.00 bits per heavy atom. The van der Waals surface area contributed by atoms with Gasteiger partial charge in [0.25, 0.3) is 5.91 Å². The Morgan fingerprint density at radius 2 is 2.15 bits per heavy atom. The number of aliphatic hydroxyl groups is 1. The molecule has 4 heterocycles. The first-order valence-corrected chi connectivity index (χ1v) is 13.3. The average molecular weight is 537 g/mol. The SMILES string of the molecule is Cc1cc(C)nc(C=CC2CCCOC2N(c2ccc3cn[nH]c3c2)c2ncccc2C(=O)NCC#CCO)c1. The molecule has 0 aliphatic carbocycles. The summed E-state index contributed by atoms with van der Waals surface area (Å²) in [5, 5.41) is 19.9. The highest BCUT2D eigenvalue weighted by molar-refractivity contribution is 6.00. The molecule has 0 radical (unpaired) electrons. The van der Waals surface area contributed by atoms with Crippen molar-refractivity contribution in [2.24, 2.45) is 5.92 Å². The van der Waals surface area contributed by atoms with Crippen molar-refractivity contribution in [1.82, 2.24) is 25.5 Å². The predicted octanol–water partition coefficient (Wildman–Crippen LogP) is 4.30. The van der Waals surface area contributed by atoms with Gasteiger partial charge in [-0.05, 0) is 80.8 Å². The van der Waals surface area contributed by atoms with E-state index in [1.807, 2.05) is 30.0 Å². The molecule has 5 rings (SSSR count). The van der Waals surface area contributed by atoms with Crippen LogP contribution in [0.4, 0.5) is 11.5 Å². The molecule has 0 saturated carbocycles. The van der Waals surface area contributed by atoms with E-state index < -0.39 is 6.23 Å². The molecular weight excluding hydrogens is 504 g/mol. The zero-order valence-corrected chi connectivity index (χ0v) is 22.6. The number of hydrogen-bond acceptors (Lipinski definition) is 7. The summed E-state index contributed by atoms with van der Waals surface area (Å²) in [6.45, 7) is 4.50. The molecular formula is C31H32N6O3. The molecule has 1 aliphatic rings. The number of amides is 1. The van der Waals surface area contributed by atoms with Crippen LogP contribution in [0.5, 0.6) is 0 Å². The molecule has 0 spiro atoms. The minimum absolute atomic E-state index is 0.00201. The van der Waals surface area contributed by atoms with Crippen LogP contribution in [-0.2, 0) is 4.74 Å². The number of carbonyl (C=O) groups excluding carboxylic acids is 1. The summed E-state index contributed by atoms with van der Waals surface area (Å²) in [6.07, 6.45) is 9.04. The maximum Gasteiger partial charge on any atom is 0.255 e. The number of fused-ring (bicyclic) bond motifs is 1. The molecule has 2 unspecified atom stereocenters. The van der Waals surface area contributed by atoms with E-state index in [0.29, 0.717) is 18.0 Å². The summed E-state index contributed by atoms with van der Waals surface area (Å²) < 4.78 is 6.45. The minimum Gasteiger partial charge on any atom is -0.384 e. The van der Waals surface area contributed by atoms with Crippen molar-refractivity contribution in [3.8, 4) is 11.8 Å². The highest BCUT2D eigenvalue weighted by Crippen LogP contribution is 2.37. The van der Waals surface area contributed by atoms with E-state index >= 15 is 0 Å². The quantitative estimate of drug-likeness (QED) is 0.302. The van der Waals surface area contributed by atoms with Crippen LogP contribution in [0.25, 0.3) is 17.0 Å². The van der Waals surface area contributed by atoms with E-state index in [0.717, 1.165) is 46.4 Å². The lowest BCUT2D eigenvalue weighted by Gasteiger charge is -2.40. The number of H-pyrrole nitrogens is 1. The summed E-state index contributed by atoms with van der Waals surface area (Å²) in [7, 11) is 0. The number of ether oxygens (including phenoxy) is 1. The monoisotopic (exact) mass is 536 g/mol. The predicted molar refractivity (Wildman–Crippen MR) is 155 cm³/mol. The topological polar surface area (TPSA) is 116 Å². The number of aliphatic hydroxyl groups excluding tert-OH is 1.